The summed E-state index contributed by atoms with van der Waals surface area (Å²) in [5.74, 6) is 1.29. The number of carbonyl (C=O) groups excluding carboxylic acids is 1. The minimum atomic E-state index is -3.69. The standard InChI is InChI=1S/C19H18O8S/c1-23-16-8-11(9-17(24-2)19(16)25-3)7-15-18(20)13-6-5-12(10-14(13)26-15)27-28(4,21)22/h5-10H,1-4H3. The first kappa shape index (κ1) is 19.6. The lowest BCUT2D eigenvalue weighted by molar-refractivity contribution is 0.101. The molecule has 9 heteroatoms. The minimum Gasteiger partial charge on any atom is -0.493 e. The summed E-state index contributed by atoms with van der Waals surface area (Å²) in [5, 5.41) is 0. The molecule has 0 bridgehead atoms. The van der Waals surface area contributed by atoms with Gasteiger partial charge in [0.15, 0.2) is 17.3 Å². The van der Waals surface area contributed by atoms with E-state index in [0.717, 1.165) is 6.26 Å². The van der Waals surface area contributed by atoms with Crippen LogP contribution < -0.4 is 23.1 Å². The third kappa shape index (κ3) is 3.89. The summed E-state index contributed by atoms with van der Waals surface area (Å²) in [5.41, 5.74) is 0.901. The Morgan fingerprint density at radius 3 is 2.14 bits per heavy atom. The molecule has 8 nitrogen and oxygen atoms in total. The van der Waals surface area contributed by atoms with Crippen LogP contribution in [-0.4, -0.2) is 41.8 Å². The molecule has 0 aliphatic carbocycles. The lowest BCUT2D eigenvalue weighted by Crippen LogP contribution is -2.05. The molecule has 0 amide bonds. The third-order valence-electron chi connectivity index (χ3n) is 3.87. The van der Waals surface area contributed by atoms with Gasteiger partial charge in [0.2, 0.25) is 11.5 Å². The Morgan fingerprint density at radius 2 is 1.61 bits per heavy atom. The molecule has 0 unspecified atom stereocenters. The van der Waals surface area contributed by atoms with Crippen molar-refractivity contribution in [1.82, 2.24) is 0 Å². The van der Waals surface area contributed by atoms with Crippen LogP contribution in [0.4, 0.5) is 0 Å². The third-order valence-corrected chi connectivity index (χ3v) is 4.37. The van der Waals surface area contributed by atoms with Crippen molar-refractivity contribution in [2.45, 2.75) is 0 Å². The lowest BCUT2D eigenvalue weighted by atomic mass is 10.1. The van der Waals surface area contributed by atoms with Crippen LogP contribution in [0.2, 0.25) is 0 Å². The summed E-state index contributed by atoms with van der Waals surface area (Å²) < 4.78 is 48.8. The van der Waals surface area contributed by atoms with E-state index in [1.807, 2.05) is 0 Å². The Morgan fingerprint density at radius 1 is 0.964 bits per heavy atom. The predicted molar refractivity (Wildman–Crippen MR) is 101 cm³/mol. The monoisotopic (exact) mass is 406 g/mol. The topological polar surface area (TPSA) is 97.4 Å². The fourth-order valence-electron chi connectivity index (χ4n) is 2.73. The van der Waals surface area contributed by atoms with E-state index in [4.69, 9.17) is 23.1 Å². The number of methoxy groups -OCH3 is 3. The van der Waals surface area contributed by atoms with Gasteiger partial charge in [-0.15, -0.1) is 0 Å². The Hall–Kier alpha value is -3.20. The molecule has 0 spiro atoms. The molecular weight excluding hydrogens is 388 g/mol. The SMILES string of the molecule is COc1cc(C=C2Oc3cc(OS(C)(=O)=O)ccc3C2=O)cc(OC)c1OC. The Balaban J connectivity index is 1.97. The molecule has 1 heterocycles. The first-order chi connectivity index (χ1) is 13.3. The van der Waals surface area contributed by atoms with Gasteiger partial charge >= 0.3 is 10.1 Å². The maximum Gasteiger partial charge on any atom is 0.306 e. The molecule has 2 aromatic rings. The second-order valence-electron chi connectivity index (χ2n) is 5.84. The van der Waals surface area contributed by atoms with E-state index in [-0.39, 0.29) is 23.0 Å². The van der Waals surface area contributed by atoms with E-state index in [9.17, 15) is 13.2 Å². The highest BCUT2D eigenvalue weighted by Gasteiger charge is 2.28. The van der Waals surface area contributed by atoms with E-state index in [1.54, 1.807) is 12.1 Å². The summed E-state index contributed by atoms with van der Waals surface area (Å²) in [6, 6.07) is 7.54. The number of hydrogen-bond donors (Lipinski definition) is 0. The fraction of sp³-hybridized carbons (Fsp3) is 0.211. The second-order valence-corrected chi connectivity index (χ2v) is 7.42. The summed E-state index contributed by atoms with van der Waals surface area (Å²) >= 11 is 0. The number of rotatable bonds is 6. The van der Waals surface area contributed by atoms with Gasteiger partial charge in [0.05, 0.1) is 33.1 Å². The van der Waals surface area contributed by atoms with Crippen LogP contribution in [0.5, 0.6) is 28.7 Å². The molecule has 3 rings (SSSR count). The molecule has 0 fully saturated rings. The first-order valence-electron chi connectivity index (χ1n) is 8.03. The second kappa shape index (κ2) is 7.43. The van der Waals surface area contributed by atoms with Gasteiger partial charge in [-0.1, -0.05) is 0 Å². The van der Waals surface area contributed by atoms with Crippen LogP contribution in [0.1, 0.15) is 15.9 Å². The molecular formula is C19H18O8S. The Bertz CT molecular complexity index is 1040. The van der Waals surface area contributed by atoms with Gasteiger partial charge in [0.25, 0.3) is 0 Å². The Labute approximate surface area is 162 Å². The van der Waals surface area contributed by atoms with E-state index in [0.29, 0.717) is 28.4 Å². The number of carbonyl (C=O) groups is 1. The van der Waals surface area contributed by atoms with Gasteiger partial charge in [0, 0.05) is 6.07 Å². The van der Waals surface area contributed by atoms with Gasteiger partial charge in [-0.05, 0) is 35.9 Å². The minimum absolute atomic E-state index is 0.0584. The van der Waals surface area contributed by atoms with E-state index in [1.165, 1.54) is 45.6 Å². The number of Topliss-reactive ketones (excluding diaryl/α,β-unsaturated/α-hetero) is 1. The van der Waals surface area contributed by atoms with E-state index >= 15 is 0 Å². The van der Waals surface area contributed by atoms with Crippen LogP contribution in [0.3, 0.4) is 0 Å². The molecule has 1 aliphatic heterocycles. The largest absolute Gasteiger partial charge is 0.493 e. The van der Waals surface area contributed by atoms with Gasteiger partial charge in [-0.25, -0.2) is 0 Å². The number of ether oxygens (including phenoxy) is 4. The molecule has 2 aromatic carbocycles. The molecule has 148 valence electrons. The molecule has 28 heavy (non-hydrogen) atoms. The van der Waals surface area contributed by atoms with Crippen LogP contribution in [0, 0.1) is 0 Å². The number of hydrogen-bond acceptors (Lipinski definition) is 8. The molecule has 0 saturated heterocycles. The molecule has 0 N–H and O–H groups in total. The lowest BCUT2D eigenvalue weighted by Gasteiger charge is -2.13. The number of fused-ring (bicyclic) bond motifs is 1. The maximum absolute atomic E-state index is 12.6. The molecule has 1 aliphatic rings. The summed E-state index contributed by atoms with van der Waals surface area (Å²) in [6.45, 7) is 0. The highest BCUT2D eigenvalue weighted by atomic mass is 32.2. The number of benzene rings is 2. The van der Waals surface area contributed by atoms with E-state index in [2.05, 4.69) is 0 Å². The van der Waals surface area contributed by atoms with Crippen LogP contribution in [-0.2, 0) is 10.1 Å². The summed E-state index contributed by atoms with van der Waals surface area (Å²) in [7, 11) is 0.789. The van der Waals surface area contributed by atoms with Crippen LogP contribution >= 0.6 is 0 Å². The first-order valence-corrected chi connectivity index (χ1v) is 9.85. The molecule has 0 radical (unpaired) electrons. The van der Waals surface area contributed by atoms with Crippen molar-refractivity contribution in [3.63, 3.8) is 0 Å². The average molecular weight is 406 g/mol. The van der Waals surface area contributed by atoms with Gasteiger partial charge in [-0.2, -0.15) is 8.42 Å². The van der Waals surface area contributed by atoms with Crippen molar-refractivity contribution in [3.05, 3.63) is 47.2 Å². The van der Waals surface area contributed by atoms with Crippen molar-refractivity contribution >= 4 is 22.0 Å². The van der Waals surface area contributed by atoms with Crippen LogP contribution in [0.25, 0.3) is 6.08 Å². The van der Waals surface area contributed by atoms with Crippen LogP contribution in [0.15, 0.2) is 36.1 Å². The smallest absolute Gasteiger partial charge is 0.306 e. The zero-order valence-corrected chi connectivity index (χ0v) is 16.5. The molecule has 0 saturated carbocycles. The quantitative estimate of drug-likeness (QED) is 0.534. The van der Waals surface area contributed by atoms with Gasteiger partial charge < -0.3 is 23.1 Å². The van der Waals surface area contributed by atoms with E-state index < -0.39 is 10.1 Å². The summed E-state index contributed by atoms with van der Waals surface area (Å²) in [4.78, 5) is 12.6. The Kier molecular flexibility index (Phi) is 5.19. The zero-order valence-electron chi connectivity index (χ0n) is 15.6. The van der Waals surface area contributed by atoms with Crippen molar-refractivity contribution in [2.75, 3.05) is 27.6 Å². The van der Waals surface area contributed by atoms with Crippen molar-refractivity contribution < 1.29 is 36.3 Å². The average Bonchev–Trinajstić information content (AvgIpc) is 2.94. The van der Waals surface area contributed by atoms with Gasteiger partial charge in [0.1, 0.15) is 11.5 Å². The summed E-state index contributed by atoms with van der Waals surface area (Å²) in [6.07, 6.45) is 2.46. The van der Waals surface area contributed by atoms with Crippen molar-refractivity contribution in [2.24, 2.45) is 0 Å². The fourth-order valence-corrected chi connectivity index (χ4v) is 3.18. The highest BCUT2D eigenvalue weighted by molar-refractivity contribution is 7.86. The maximum atomic E-state index is 12.6. The highest BCUT2D eigenvalue weighted by Crippen LogP contribution is 2.40. The molecule has 0 atom stereocenters. The zero-order chi connectivity index (χ0) is 20.5. The normalized spacial score (nSPS) is 14.4. The van der Waals surface area contributed by atoms with Crippen molar-refractivity contribution in [1.29, 1.82) is 0 Å². The predicted octanol–water partition coefficient (Wildman–Crippen LogP) is 2.67. The van der Waals surface area contributed by atoms with Gasteiger partial charge in [-0.3, -0.25) is 4.79 Å². The van der Waals surface area contributed by atoms with Crippen molar-refractivity contribution in [3.8, 4) is 28.7 Å². The number of allylic oxidation sites excluding steroid dienone is 1. The molecule has 0 aromatic heterocycles. The number of ketones is 1.